The van der Waals surface area contributed by atoms with E-state index in [9.17, 15) is 4.79 Å². The third kappa shape index (κ3) is 6.29. The van der Waals surface area contributed by atoms with E-state index in [-0.39, 0.29) is 5.78 Å². The van der Waals surface area contributed by atoms with Gasteiger partial charge in [0.05, 0.1) is 0 Å². The number of pyridine rings is 1. The summed E-state index contributed by atoms with van der Waals surface area (Å²) in [5.74, 6) is 0.438. The van der Waals surface area contributed by atoms with Crippen LogP contribution in [0.3, 0.4) is 0 Å². The number of hydrogen-bond acceptors (Lipinski definition) is 4. The van der Waals surface area contributed by atoms with Crippen molar-refractivity contribution in [1.29, 1.82) is 0 Å². The van der Waals surface area contributed by atoms with Crippen LogP contribution in [0.2, 0.25) is 0 Å². The van der Waals surface area contributed by atoms with Gasteiger partial charge in [-0.25, -0.2) is 4.98 Å². The van der Waals surface area contributed by atoms with Crippen LogP contribution in [-0.2, 0) is 0 Å². The Morgan fingerprint density at radius 2 is 1.88 bits per heavy atom. The Balaban J connectivity index is 1.85. The molecule has 5 heteroatoms. The molecule has 0 atom stereocenters. The number of benzene rings is 1. The van der Waals surface area contributed by atoms with Gasteiger partial charge < -0.3 is 4.74 Å². The Hall–Kier alpha value is -2.24. The molecule has 2 aromatic rings. The van der Waals surface area contributed by atoms with Crippen molar-refractivity contribution in [3.63, 3.8) is 0 Å². The fraction of sp³-hybridized carbons (Fsp3) is 0.200. The number of aromatic nitrogens is 1. The maximum atomic E-state index is 12.4. The minimum atomic E-state index is -0.0586. The number of likely N-dealkylation sites (N-methyl/N-ethyl adjacent to an activating group) is 1. The molecule has 0 bridgehead atoms. The average Bonchev–Trinajstić information content (AvgIpc) is 2.62. The van der Waals surface area contributed by atoms with E-state index in [0.29, 0.717) is 23.6 Å². The molecule has 0 saturated carbocycles. The van der Waals surface area contributed by atoms with Crippen LogP contribution in [0, 0.1) is 0 Å². The van der Waals surface area contributed by atoms with E-state index in [1.54, 1.807) is 30.5 Å². The molecule has 25 heavy (non-hydrogen) atoms. The van der Waals surface area contributed by atoms with Gasteiger partial charge >= 0.3 is 0 Å². The van der Waals surface area contributed by atoms with Crippen molar-refractivity contribution in [3.8, 4) is 5.88 Å². The fourth-order valence-electron chi connectivity index (χ4n) is 2.12. The van der Waals surface area contributed by atoms with Crippen molar-refractivity contribution in [2.75, 3.05) is 26.7 Å². The van der Waals surface area contributed by atoms with E-state index >= 15 is 0 Å². The largest absolute Gasteiger partial charge is 0.473 e. The third-order valence-electron chi connectivity index (χ3n) is 3.46. The fourth-order valence-corrected chi connectivity index (χ4v) is 2.38. The zero-order valence-corrected chi connectivity index (χ0v) is 15.8. The molecule has 1 aromatic carbocycles. The summed E-state index contributed by atoms with van der Waals surface area (Å²) < 4.78 is 6.49. The molecular weight excluding hydrogens is 380 g/mol. The van der Waals surface area contributed by atoms with Crippen LogP contribution < -0.4 is 4.74 Å². The molecule has 0 fully saturated rings. The van der Waals surface area contributed by atoms with Crippen molar-refractivity contribution in [3.05, 3.63) is 83.0 Å². The zero-order valence-electron chi connectivity index (χ0n) is 14.2. The molecule has 0 saturated heterocycles. The van der Waals surface area contributed by atoms with Crippen molar-refractivity contribution >= 4 is 21.7 Å². The Morgan fingerprint density at radius 3 is 2.52 bits per heavy atom. The second-order valence-electron chi connectivity index (χ2n) is 5.51. The highest BCUT2D eigenvalue weighted by molar-refractivity contribution is 9.10. The minimum absolute atomic E-state index is 0.0586. The summed E-state index contributed by atoms with van der Waals surface area (Å²) in [6.45, 7) is 5.83. The van der Waals surface area contributed by atoms with E-state index in [2.05, 4.69) is 32.4 Å². The highest BCUT2D eigenvalue weighted by atomic mass is 79.9. The summed E-state index contributed by atoms with van der Waals surface area (Å²) in [6, 6.07) is 10.7. The normalized spacial score (nSPS) is 11.0. The molecule has 0 unspecified atom stereocenters. The summed E-state index contributed by atoms with van der Waals surface area (Å²) in [7, 11) is 2.02. The average molecular weight is 401 g/mol. The van der Waals surface area contributed by atoms with Crippen molar-refractivity contribution in [1.82, 2.24) is 9.88 Å². The second kappa shape index (κ2) is 9.91. The zero-order chi connectivity index (χ0) is 18.1. The van der Waals surface area contributed by atoms with Crippen LogP contribution in [0.5, 0.6) is 5.88 Å². The lowest BCUT2D eigenvalue weighted by Crippen LogP contribution is -2.17. The quantitative estimate of drug-likeness (QED) is 0.468. The molecule has 1 aromatic heterocycles. The lowest BCUT2D eigenvalue weighted by molar-refractivity contribution is 0.103. The molecule has 0 aliphatic carbocycles. The molecule has 0 N–H and O–H groups in total. The lowest BCUT2D eigenvalue weighted by atomic mass is 10.1. The number of hydrogen-bond donors (Lipinski definition) is 0. The van der Waals surface area contributed by atoms with Crippen molar-refractivity contribution in [2.45, 2.75) is 0 Å². The summed E-state index contributed by atoms with van der Waals surface area (Å²) in [6.07, 6.45) is 7.39. The number of nitrogens with zero attached hydrogens (tertiary/aromatic N) is 2. The van der Waals surface area contributed by atoms with Gasteiger partial charge in [0, 0.05) is 41.0 Å². The maximum absolute atomic E-state index is 12.4. The van der Waals surface area contributed by atoms with Gasteiger partial charge in [-0.3, -0.25) is 9.69 Å². The third-order valence-corrected chi connectivity index (χ3v) is 3.99. The molecule has 0 spiro atoms. The van der Waals surface area contributed by atoms with Gasteiger partial charge in [0.25, 0.3) is 0 Å². The SMILES string of the molecule is C=CCN(C)CC=CCOc1ccc(C(=O)c2ccc(Br)cc2)cn1. The lowest BCUT2D eigenvalue weighted by Gasteiger charge is -2.10. The van der Waals surface area contributed by atoms with E-state index in [1.165, 1.54) is 0 Å². The van der Waals surface area contributed by atoms with Crippen LogP contribution >= 0.6 is 15.9 Å². The first-order valence-electron chi connectivity index (χ1n) is 7.93. The first-order valence-corrected chi connectivity index (χ1v) is 8.73. The Bertz CT molecular complexity index is 724. The summed E-state index contributed by atoms with van der Waals surface area (Å²) in [5.41, 5.74) is 1.17. The predicted octanol–water partition coefficient (Wildman–Crippen LogP) is 4.13. The topological polar surface area (TPSA) is 42.4 Å². The molecule has 4 nitrogen and oxygen atoms in total. The summed E-state index contributed by atoms with van der Waals surface area (Å²) in [5, 5.41) is 0. The molecule has 2 rings (SSSR count). The monoisotopic (exact) mass is 400 g/mol. The van der Waals surface area contributed by atoms with Gasteiger partial charge in [-0.1, -0.05) is 34.2 Å². The minimum Gasteiger partial charge on any atom is -0.473 e. The van der Waals surface area contributed by atoms with Gasteiger partial charge in [0.2, 0.25) is 5.88 Å². The Morgan fingerprint density at radius 1 is 1.16 bits per heavy atom. The van der Waals surface area contributed by atoms with Crippen molar-refractivity contribution < 1.29 is 9.53 Å². The van der Waals surface area contributed by atoms with Crippen LogP contribution in [0.4, 0.5) is 0 Å². The summed E-state index contributed by atoms with van der Waals surface area (Å²) in [4.78, 5) is 18.7. The first-order chi connectivity index (χ1) is 12.1. The van der Waals surface area contributed by atoms with Crippen LogP contribution in [0.25, 0.3) is 0 Å². The van der Waals surface area contributed by atoms with Gasteiger partial charge in [0.1, 0.15) is 6.61 Å². The molecule has 1 heterocycles. The number of halogens is 1. The van der Waals surface area contributed by atoms with Gasteiger partial charge in [-0.15, -0.1) is 6.58 Å². The standard InChI is InChI=1S/C20H21BrN2O2/c1-3-12-23(2)13-4-5-14-25-19-11-8-17(15-22-19)20(24)16-6-9-18(21)10-7-16/h3-11,15H,1,12-14H2,2H3. The van der Waals surface area contributed by atoms with E-state index in [1.807, 2.05) is 37.4 Å². The number of ether oxygens (including phenoxy) is 1. The van der Waals surface area contributed by atoms with Gasteiger partial charge in [-0.05, 0) is 37.4 Å². The first kappa shape index (κ1) is 19.1. The van der Waals surface area contributed by atoms with Crippen LogP contribution in [-0.4, -0.2) is 42.4 Å². The van der Waals surface area contributed by atoms with E-state index in [0.717, 1.165) is 17.6 Å². The van der Waals surface area contributed by atoms with Crippen molar-refractivity contribution in [2.24, 2.45) is 0 Å². The number of ketones is 1. The van der Waals surface area contributed by atoms with E-state index < -0.39 is 0 Å². The molecule has 0 radical (unpaired) electrons. The second-order valence-corrected chi connectivity index (χ2v) is 6.43. The van der Waals surface area contributed by atoms with E-state index in [4.69, 9.17) is 4.74 Å². The Kier molecular flexibility index (Phi) is 7.57. The molecular formula is C20H21BrN2O2. The summed E-state index contributed by atoms with van der Waals surface area (Å²) >= 11 is 3.36. The van der Waals surface area contributed by atoms with Crippen LogP contribution in [0.15, 0.2) is 71.9 Å². The predicted molar refractivity (Wildman–Crippen MR) is 104 cm³/mol. The molecule has 0 aliphatic rings. The van der Waals surface area contributed by atoms with Crippen LogP contribution in [0.1, 0.15) is 15.9 Å². The number of rotatable bonds is 9. The number of carbonyl (C=O) groups is 1. The number of carbonyl (C=O) groups excluding carboxylic acids is 1. The smallest absolute Gasteiger partial charge is 0.213 e. The highest BCUT2D eigenvalue weighted by Crippen LogP contribution is 2.15. The maximum Gasteiger partial charge on any atom is 0.213 e. The Labute approximate surface area is 157 Å². The van der Waals surface area contributed by atoms with Gasteiger partial charge in [-0.2, -0.15) is 0 Å². The van der Waals surface area contributed by atoms with Gasteiger partial charge in [0.15, 0.2) is 5.78 Å². The highest BCUT2D eigenvalue weighted by Gasteiger charge is 2.09. The molecule has 0 amide bonds. The molecule has 130 valence electrons. The molecule has 0 aliphatic heterocycles.